The average molecular weight is 284 g/mol. The summed E-state index contributed by atoms with van der Waals surface area (Å²) in [5.74, 6) is 0. The van der Waals surface area contributed by atoms with Crippen LogP contribution in [0.3, 0.4) is 0 Å². The largest absolute Gasteiger partial charge is 0.379 e. The van der Waals surface area contributed by atoms with Gasteiger partial charge in [-0.15, -0.1) is 0 Å². The summed E-state index contributed by atoms with van der Waals surface area (Å²) in [5, 5.41) is 3.57. The molecule has 1 aliphatic heterocycles. The molecule has 2 rings (SSSR count). The molecule has 1 saturated heterocycles. The molecule has 0 amide bonds. The van der Waals surface area contributed by atoms with Crippen molar-refractivity contribution in [3.63, 3.8) is 0 Å². The van der Waals surface area contributed by atoms with Gasteiger partial charge in [0.15, 0.2) is 0 Å². The Morgan fingerprint density at radius 2 is 2.25 bits per heavy atom. The van der Waals surface area contributed by atoms with E-state index in [0.717, 1.165) is 22.5 Å². The molecule has 0 radical (unpaired) electrons. The Kier molecular flexibility index (Phi) is 3.50. The lowest BCUT2D eigenvalue weighted by molar-refractivity contribution is 0.330. The van der Waals surface area contributed by atoms with E-state index in [1.165, 1.54) is 6.42 Å². The number of rotatable bonds is 2. The number of aromatic nitrogens is 1. The van der Waals surface area contributed by atoms with Gasteiger partial charge >= 0.3 is 0 Å². The Morgan fingerprint density at radius 3 is 2.81 bits per heavy atom. The highest BCUT2D eigenvalue weighted by Crippen LogP contribution is 2.22. The molecule has 1 aromatic rings. The van der Waals surface area contributed by atoms with Crippen LogP contribution >= 0.6 is 15.9 Å². The number of pyridine rings is 1. The first-order chi connectivity index (χ1) is 7.56. The van der Waals surface area contributed by atoms with E-state index in [0.29, 0.717) is 12.1 Å². The van der Waals surface area contributed by atoms with E-state index >= 15 is 0 Å². The second-order valence-corrected chi connectivity index (χ2v) is 5.44. The zero-order chi connectivity index (χ0) is 11.7. The minimum absolute atomic E-state index is 0.543. The van der Waals surface area contributed by atoms with Gasteiger partial charge in [0.05, 0.1) is 11.4 Å². The van der Waals surface area contributed by atoms with Gasteiger partial charge in [-0.3, -0.25) is 0 Å². The predicted octanol–water partition coefficient (Wildman–Crippen LogP) is 2.66. The number of halogens is 1. The summed E-state index contributed by atoms with van der Waals surface area (Å²) in [6.45, 7) is 5.42. The maximum atomic E-state index is 4.39. The molecule has 0 saturated carbocycles. The lowest BCUT2D eigenvalue weighted by Crippen LogP contribution is -2.25. The lowest BCUT2D eigenvalue weighted by atomic mass is 10.2. The summed E-state index contributed by atoms with van der Waals surface area (Å²) >= 11 is 3.38. The highest BCUT2D eigenvalue weighted by atomic mass is 79.9. The van der Waals surface area contributed by atoms with Crippen molar-refractivity contribution in [2.45, 2.75) is 32.4 Å². The number of nitrogens with zero attached hydrogens (tertiary/aromatic N) is 2. The van der Waals surface area contributed by atoms with E-state index in [2.05, 4.69) is 51.2 Å². The van der Waals surface area contributed by atoms with Gasteiger partial charge in [0.2, 0.25) is 0 Å². The monoisotopic (exact) mass is 283 g/mol. The first-order valence-corrected chi connectivity index (χ1v) is 6.45. The van der Waals surface area contributed by atoms with Crippen molar-refractivity contribution >= 4 is 21.6 Å². The molecule has 2 unspecified atom stereocenters. The maximum absolute atomic E-state index is 4.39. The third kappa shape index (κ3) is 2.55. The Labute approximate surface area is 105 Å². The molecule has 0 bridgehead atoms. The highest BCUT2D eigenvalue weighted by molar-refractivity contribution is 9.10. The molecule has 2 atom stereocenters. The van der Waals surface area contributed by atoms with Crippen molar-refractivity contribution in [2.75, 3.05) is 18.9 Å². The van der Waals surface area contributed by atoms with Gasteiger partial charge in [-0.05, 0) is 55.4 Å². The molecule has 4 heteroatoms. The van der Waals surface area contributed by atoms with Gasteiger partial charge in [0.25, 0.3) is 0 Å². The highest BCUT2D eigenvalue weighted by Gasteiger charge is 2.26. The molecule has 0 aromatic carbocycles. The molecule has 1 fully saturated rings. The van der Waals surface area contributed by atoms with Crippen molar-refractivity contribution in [3.05, 3.63) is 22.4 Å². The Hall–Kier alpha value is -0.610. The van der Waals surface area contributed by atoms with Crippen LogP contribution in [0.2, 0.25) is 0 Å². The average Bonchev–Trinajstić information content (AvgIpc) is 2.51. The molecule has 1 N–H and O–H groups in total. The maximum Gasteiger partial charge on any atom is 0.106 e. The fourth-order valence-corrected chi connectivity index (χ4v) is 2.60. The van der Waals surface area contributed by atoms with Gasteiger partial charge in [0.1, 0.15) is 4.60 Å². The van der Waals surface area contributed by atoms with Crippen LogP contribution < -0.4 is 5.32 Å². The Morgan fingerprint density at radius 1 is 1.50 bits per heavy atom. The molecular formula is C12H18BrN3. The summed E-state index contributed by atoms with van der Waals surface area (Å²) in [5.41, 5.74) is 2.20. The van der Waals surface area contributed by atoms with Gasteiger partial charge < -0.3 is 10.2 Å². The van der Waals surface area contributed by atoms with Crippen LogP contribution in [0.25, 0.3) is 0 Å². The summed E-state index contributed by atoms with van der Waals surface area (Å²) in [4.78, 5) is 6.78. The van der Waals surface area contributed by atoms with Crippen LogP contribution in [0.1, 0.15) is 19.0 Å². The number of likely N-dealkylation sites (N-methyl/N-ethyl adjacent to an activating group) is 1. The number of aryl methyl sites for hydroxylation is 1. The van der Waals surface area contributed by atoms with Crippen molar-refractivity contribution in [1.29, 1.82) is 0 Å². The summed E-state index contributed by atoms with van der Waals surface area (Å²) < 4.78 is 0.896. The second kappa shape index (κ2) is 4.72. The fourth-order valence-electron chi connectivity index (χ4n) is 2.20. The topological polar surface area (TPSA) is 28.2 Å². The number of hydrogen-bond donors (Lipinski definition) is 1. The standard InChI is InChI=1S/C12H18BrN3/c1-8-6-10(7-16(8)3)15-11-4-5-12(13)14-9(11)2/h4-5,8,10,15H,6-7H2,1-3H3. The van der Waals surface area contributed by atoms with Crippen LogP contribution in [-0.4, -0.2) is 35.6 Å². The minimum Gasteiger partial charge on any atom is -0.379 e. The molecule has 3 nitrogen and oxygen atoms in total. The van der Waals surface area contributed by atoms with Crippen molar-refractivity contribution in [3.8, 4) is 0 Å². The van der Waals surface area contributed by atoms with Gasteiger partial charge in [-0.1, -0.05) is 0 Å². The van der Waals surface area contributed by atoms with E-state index in [4.69, 9.17) is 0 Å². The zero-order valence-electron chi connectivity index (χ0n) is 10.00. The number of anilines is 1. The number of likely N-dealkylation sites (tertiary alicyclic amines) is 1. The molecule has 2 heterocycles. The first kappa shape index (κ1) is 11.9. The summed E-state index contributed by atoms with van der Waals surface area (Å²) in [6.07, 6.45) is 1.20. The quantitative estimate of drug-likeness (QED) is 0.846. The lowest BCUT2D eigenvalue weighted by Gasteiger charge is -2.15. The van der Waals surface area contributed by atoms with Crippen LogP contribution in [0.15, 0.2) is 16.7 Å². The second-order valence-electron chi connectivity index (χ2n) is 4.63. The van der Waals surface area contributed by atoms with E-state index in [1.807, 2.05) is 13.0 Å². The van der Waals surface area contributed by atoms with E-state index < -0.39 is 0 Å². The number of nitrogens with one attached hydrogen (secondary N) is 1. The molecule has 88 valence electrons. The van der Waals surface area contributed by atoms with Gasteiger partial charge in [0, 0.05) is 18.6 Å². The van der Waals surface area contributed by atoms with Crippen molar-refractivity contribution in [1.82, 2.24) is 9.88 Å². The molecule has 16 heavy (non-hydrogen) atoms. The number of hydrogen-bond acceptors (Lipinski definition) is 3. The fraction of sp³-hybridized carbons (Fsp3) is 0.583. The molecular weight excluding hydrogens is 266 g/mol. The normalized spacial score (nSPS) is 26.0. The van der Waals surface area contributed by atoms with Crippen molar-refractivity contribution < 1.29 is 0 Å². The van der Waals surface area contributed by atoms with Crippen LogP contribution in [-0.2, 0) is 0 Å². The minimum atomic E-state index is 0.543. The molecule has 1 aliphatic rings. The Bertz CT molecular complexity index is 371. The van der Waals surface area contributed by atoms with E-state index in [9.17, 15) is 0 Å². The molecule has 0 aliphatic carbocycles. The Balaban J connectivity index is 2.05. The third-order valence-corrected chi connectivity index (χ3v) is 3.74. The smallest absolute Gasteiger partial charge is 0.106 e. The van der Waals surface area contributed by atoms with E-state index in [1.54, 1.807) is 0 Å². The summed E-state index contributed by atoms with van der Waals surface area (Å²) in [7, 11) is 2.18. The molecule has 0 spiro atoms. The van der Waals surface area contributed by atoms with Gasteiger partial charge in [-0.25, -0.2) is 4.98 Å². The third-order valence-electron chi connectivity index (χ3n) is 3.30. The van der Waals surface area contributed by atoms with Gasteiger partial charge in [-0.2, -0.15) is 0 Å². The van der Waals surface area contributed by atoms with Crippen LogP contribution in [0.4, 0.5) is 5.69 Å². The first-order valence-electron chi connectivity index (χ1n) is 5.66. The van der Waals surface area contributed by atoms with Crippen LogP contribution in [0, 0.1) is 6.92 Å². The SMILES string of the molecule is Cc1nc(Br)ccc1NC1CC(C)N(C)C1. The predicted molar refractivity (Wildman–Crippen MR) is 70.8 cm³/mol. The van der Waals surface area contributed by atoms with E-state index in [-0.39, 0.29) is 0 Å². The van der Waals surface area contributed by atoms with Crippen molar-refractivity contribution in [2.24, 2.45) is 0 Å². The summed E-state index contributed by atoms with van der Waals surface area (Å²) in [6, 6.07) is 5.29. The zero-order valence-corrected chi connectivity index (χ0v) is 11.6. The molecule has 1 aromatic heterocycles. The van der Waals surface area contributed by atoms with Crippen LogP contribution in [0.5, 0.6) is 0 Å².